The van der Waals surface area contributed by atoms with Gasteiger partial charge in [0.15, 0.2) is 11.6 Å². The van der Waals surface area contributed by atoms with E-state index in [0.717, 1.165) is 16.8 Å². The highest BCUT2D eigenvalue weighted by Gasteiger charge is 2.36. The van der Waals surface area contributed by atoms with E-state index in [4.69, 9.17) is 9.47 Å². The van der Waals surface area contributed by atoms with Crippen LogP contribution in [0.1, 0.15) is 23.1 Å². The molecule has 1 amide bonds. The van der Waals surface area contributed by atoms with E-state index < -0.39 is 17.7 Å². The number of carbonyl (C=O) groups excluding carboxylic acids is 2. The number of ether oxygens (including phenoxy) is 2. The van der Waals surface area contributed by atoms with Gasteiger partial charge in [-0.3, -0.25) is 9.59 Å². The van der Waals surface area contributed by atoms with E-state index in [1.807, 2.05) is 32.0 Å². The molecule has 0 radical (unpaired) electrons. The van der Waals surface area contributed by atoms with Crippen molar-refractivity contribution < 1.29 is 23.5 Å². The lowest BCUT2D eigenvalue weighted by Gasteiger charge is -2.20. The molecule has 0 spiro atoms. The molecule has 6 heteroatoms. The van der Waals surface area contributed by atoms with Crippen molar-refractivity contribution in [3.8, 4) is 5.75 Å². The fourth-order valence-electron chi connectivity index (χ4n) is 3.20. The summed E-state index contributed by atoms with van der Waals surface area (Å²) in [6.45, 7) is 4.19. The number of benzene rings is 2. The monoisotopic (exact) mass is 371 g/mol. The number of hydrogen-bond donors (Lipinski definition) is 0. The largest absolute Gasteiger partial charge is 0.494 e. The smallest absolute Gasteiger partial charge is 0.311 e. The lowest BCUT2D eigenvalue weighted by atomic mass is 10.1. The van der Waals surface area contributed by atoms with Gasteiger partial charge in [-0.05, 0) is 48.7 Å². The molecule has 2 aromatic rings. The Balaban J connectivity index is 1.64. The zero-order chi connectivity index (χ0) is 19.6. The predicted octanol–water partition coefficient (Wildman–Crippen LogP) is 3.55. The van der Waals surface area contributed by atoms with Gasteiger partial charge in [-0.15, -0.1) is 0 Å². The average molecular weight is 371 g/mol. The number of amides is 1. The Bertz CT molecular complexity index is 880. The van der Waals surface area contributed by atoms with Crippen molar-refractivity contribution in [1.82, 2.24) is 0 Å². The Morgan fingerprint density at radius 1 is 1.26 bits per heavy atom. The van der Waals surface area contributed by atoms with E-state index in [9.17, 15) is 14.0 Å². The van der Waals surface area contributed by atoms with Gasteiger partial charge in [0.25, 0.3) is 0 Å². The number of methoxy groups -OCH3 is 1. The number of esters is 1. The highest BCUT2D eigenvalue weighted by atomic mass is 19.1. The summed E-state index contributed by atoms with van der Waals surface area (Å²) >= 11 is 0. The molecule has 0 aromatic heterocycles. The lowest BCUT2D eigenvalue weighted by Crippen LogP contribution is -2.27. The van der Waals surface area contributed by atoms with Gasteiger partial charge in [-0.25, -0.2) is 4.39 Å². The summed E-state index contributed by atoms with van der Waals surface area (Å²) < 4.78 is 23.9. The number of carbonyl (C=O) groups is 2. The van der Waals surface area contributed by atoms with Gasteiger partial charge >= 0.3 is 5.97 Å². The van der Waals surface area contributed by atoms with Crippen molar-refractivity contribution in [2.45, 2.75) is 26.9 Å². The number of hydrogen-bond acceptors (Lipinski definition) is 4. The summed E-state index contributed by atoms with van der Waals surface area (Å²) in [6.07, 6.45) is 0.114. The first kappa shape index (κ1) is 18.9. The number of nitrogens with zero attached hydrogens (tertiary/aromatic N) is 1. The first-order valence-electron chi connectivity index (χ1n) is 8.76. The molecule has 0 N–H and O–H groups in total. The van der Waals surface area contributed by atoms with Crippen molar-refractivity contribution in [1.29, 1.82) is 0 Å². The molecule has 1 atom stereocenters. The molecule has 1 fully saturated rings. The standard InChI is InChI=1S/C21H22FNO4/c1-13-5-4-6-18(14(13)2)23-11-16(10-20(23)24)21(25)27-12-15-7-8-19(26-3)17(22)9-15/h4-9,16H,10-12H2,1-3H3/t16-/m0/s1. The van der Waals surface area contributed by atoms with E-state index in [1.54, 1.807) is 11.0 Å². The van der Waals surface area contributed by atoms with Crippen LogP contribution in [0, 0.1) is 25.6 Å². The summed E-state index contributed by atoms with van der Waals surface area (Å²) in [4.78, 5) is 26.4. The van der Waals surface area contributed by atoms with Crippen LogP contribution in [0.25, 0.3) is 0 Å². The molecular formula is C21H22FNO4. The first-order chi connectivity index (χ1) is 12.9. The van der Waals surface area contributed by atoms with E-state index in [2.05, 4.69) is 0 Å². The Kier molecular flexibility index (Phi) is 5.44. The Hall–Kier alpha value is -2.89. The van der Waals surface area contributed by atoms with Gasteiger partial charge < -0.3 is 14.4 Å². The van der Waals surface area contributed by atoms with Gasteiger partial charge in [-0.2, -0.15) is 0 Å². The number of halogens is 1. The Labute approximate surface area is 157 Å². The maximum atomic E-state index is 13.7. The number of anilines is 1. The molecule has 3 rings (SSSR count). The van der Waals surface area contributed by atoms with E-state index in [1.165, 1.54) is 19.2 Å². The molecule has 0 aliphatic carbocycles. The van der Waals surface area contributed by atoms with Crippen LogP contribution in [-0.4, -0.2) is 25.5 Å². The lowest BCUT2D eigenvalue weighted by molar-refractivity contribution is -0.149. The van der Waals surface area contributed by atoms with Gasteiger partial charge in [0.2, 0.25) is 5.91 Å². The topological polar surface area (TPSA) is 55.8 Å². The zero-order valence-electron chi connectivity index (χ0n) is 15.6. The molecule has 0 bridgehead atoms. The molecule has 1 aliphatic rings. The van der Waals surface area contributed by atoms with Crippen molar-refractivity contribution >= 4 is 17.6 Å². The third kappa shape index (κ3) is 3.94. The minimum Gasteiger partial charge on any atom is -0.494 e. The minimum absolute atomic E-state index is 0.0477. The molecule has 0 unspecified atom stereocenters. The number of rotatable bonds is 5. The predicted molar refractivity (Wildman–Crippen MR) is 99.1 cm³/mol. The normalized spacial score (nSPS) is 16.5. The van der Waals surface area contributed by atoms with Crippen LogP contribution in [0.4, 0.5) is 10.1 Å². The van der Waals surface area contributed by atoms with Gasteiger partial charge in [-0.1, -0.05) is 18.2 Å². The van der Waals surface area contributed by atoms with Crippen molar-refractivity contribution in [2.24, 2.45) is 5.92 Å². The molecule has 5 nitrogen and oxygen atoms in total. The summed E-state index contributed by atoms with van der Waals surface area (Å²) in [5.74, 6) is -1.45. The van der Waals surface area contributed by atoms with Gasteiger partial charge in [0, 0.05) is 18.7 Å². The molecule has 1 saturated heterocycles. The molecule has 2 aromatic carbocycles. The Morgan fingerprint density at radius 2 is 2.04 bits per heavy atom. The first-order valence-corrected chi connectivity index (χ1v) is 8.76. The zero-order valence-corrected chi connectivity index (χ0v) is 15.6. The minimum atomic E-state index is -0.527. The van der Waals surface area contributed by atoms with Crippen LogP contribution >= 0.6 is 0 Å². The van der Waals surface area contributed by atoms with E-state index >= 15 is 0 Å². The SMILES string of the molecule is COc1ccc(COC(=O)[C@H]2CC(=O)N(c3cccc(C)c3C)C2)cc1F. The van der Waals surface area contributed by atoms with Crippen molar-refractivity contribution in [3.63, 3.8) is 0 Å². The number of aryl methyl sites for hydroxylation is 1. The van der Waals surface area contributed by atoms with Crippen LogP contribution in [0.2, 0.25) is 0 Å². The fraction of sp³-hybridized carbons (Fsp3) is 0.333. The quantitative estimate of drug-likeness (QED) is 0.755. The average Bonchev–Trinajstić information content (AvgIpc) is 3.04. The van der Waals surface area contributed by atoms with Crippen LogP contribution in [0.3, 0.4) is 0 Å². The van der Waals surface area contributed by atoms with Crippen LogP contribution in [0.15, 0.2) is 36.4 Å². The summed E-state index contributed by atoms with van der Waals surface area (Å²) in [5, 5.41) is 0. The van der Waals surface area contributed by atoms with Crippen molar-refractivity contribution in [2.75, 3.05) is 18.6 Å². The molecule has 1 aliphatic heterocycles. The summed E-state index contributed by atoms with van der Waals surface area (Å²) in [6, 6.07) is 10.2. The maximum absolute atomic E-state index is 13.7. The Morgan fingerprint density at radius 3 is 2.74 bits per heavy atom. The van der Waals surface area contributed by atoms with Crippen LogP contribution in [0.5, 0.6) is 5.75 Å². The summed E-state index contributed by atoms with van der Waals surface area (Å²) in [7, 11) is 1.39. The second kappa shape index (κ2) is 7.78. The van der Waals surface area contributed by atoms with Gasteiger partial charge in [0.05, 0.1) is 13.0 Å². The highest BCUT2D eigenvalue weighted by Crippen LogP contribution is 2.30. The molecule has 0 saturated carbocycles. The van der Waals surface area contributed by atoms with E-state index in [0.29, 0.717) is 12.1 Å². The second-order valence-corrected chi connectivity index (χ2v) is 6.70. The second-order valence-electron chi connectivity index (χ2n) is 6.70. The molecule has 142 valence electrons. The highest BCUT2D eigenvalue weighted by molar-refractivity contribution is 6.00. The molecule has 27 heavy (non-hydrogen) atoms. The van der Waals surface area contributed by atoms with E-state index in [-0.39, 0.29) is 24.7 Å². The molecular weight excluding hydrogens is 349 g/mol. The third-order valence-corrected chi connectivity index (χ3v) is 4.92. The summed E-state index contributed by atoms with van der Waals surface area (Å²) in [5.41, 5.74) is 3.46. The van der Waals surface area contributed by atoms with Gasteiger partial charge in [0.1, 0.15) is 6.61 Å². The molecule has 1 heterocycles. The van der Waals surface area contributed by atoms with Crippen LogP contribution < -0.4 is 9.64 Å². The van der Waals surface area contributed by atoms with Crippen molar-refractivity contribution in [3.05, 3.63) is 58.9 Å². The van der Waals surface area contributed by atoms with Crippen LogP contribution in [-0.2, 0) is 20.9 Å². The third-order valence-electron chi connectivity index (χ3n) is 4.92. The fourth-order valence-corrected chi connectivity index (χ4v) is 3.20. The maximum Gasteiger partial charge on any atom is 0.311 e.